The molecular weight excluding hydrogens is 538 g/mol. The molecule has 0 atom stereocenters. The van der Waals surface area contributed by atoms with E-state index < -0.39 is 11.8 Å². The summed E-state index contributed by atoms with van der Waals surface area (Å²) in [5.41, 5.74) is 28.4. The topological polar surface area (TPSA) is 121 Å². The maximum Gasteiger partial charge on any atom is 0.156 e. The lowest BCUT2D eigenvalue weighted by molar-refractivity contribution is -0.120. The van der Waals surface area contributed by atoms with Gasteiger partial charge in [-0.1, -0.05) is 70.7 Å². The van der Waals surface area contributed by atoms with Gasteiger partial charge in [0.05, 0.1) is 54.7 Å². The molecule has 4 rings (SSSR count). The minimum absolute atomic E-state index is 0.179. The Kier molecular flexibility index (Phi) is 7.57. The van der Waals surface area contributed by atoms with Crippen LogP contribution in [-0.2, 0) is 4.79 Å². The second-order valence-electron chi connectivity index (χ2n) is 8.39. The lowest BCUT2D eigenvalue weighted by Gasteiger charge is -2.25. The van der Waals surface area contributed by atoms with Crippen LogP contribution in [0.3, 0.4) is 0 Å². The number of rotatable bonds is 6. The third-order valence-corrected chi connectivity index (χ3v) is 7.36. The number of nitrogen functional groups attached to an aromatic ring is 4. The fourth-order valence-electron chi connectivity index (χ4n) is 4.18. The highest BCUT2D eigenvalue weighted by Crippen LogP contribution is 2.40. The number of hydrogen-bond donors (Lipinski definition) is 4. The van der Waals surface area contributed by atoms with E-state index >= 15 is 0 Å². The van der Waals surface area contributed by atoms with E-state index in [1.807, 2.05) is 0 Å². The molecule has 184 valence electrons. The Morgan fingerprint density at radius 1 is 0.472 bits per heavy atom. The molecule has 4 aromatic rings. The van der Waals surface area contributed by atoms with Crippen LogP contribution in [0.5, 0.6) is 0 Å². The van der Waals surface area contributed by atoms with Crippen LogP contribution in [0.2, 0.25) is 20.1 Å². The van der Waals surface area contributed by atoms with E-state index in [9.17, 15) is 4.79 Å². The molecule has 0 aromatic heterocycles. The van der Waals surface area contributed by atoms with Gasteiger partial charge in [-0.05, 0) is 70.8 Å². The first-order valence-electron chi connectivity index (χ1n) is 10.8. The third kappa shape index (κ3) is 5.20. The summed E-state index contributed by atoms with van der Waals surface area (Å²) in [7, 11) is 0. The highest BCUT2D eigenvalue weighted by atomic mass is 35.5. The smallest absolute Gasteiger partial charge is 0.156 e. The highest BCUT2D eigenvalue weighted by Gasteiger charge is 2.33. The fraction of sp³-hybridized carbons (Fsp3) is 0.0741. The molecule has 5 nitrogen and oxygen atoms in total. The van der Waals surface area contributed by atoms with E-state index in [4.69, 9.17) is 69.3 Å². The van der Waals surface area contributed by atoms with Crippen LogP contribution in [0.4, 0.5) is 22.7 Å². The lowest BCUT2D eigenvalue weighted by atomic mass is 9.77. The fourth-order valence-corrected chi connectivity index (χ4v) is 4.65. The van der Waals surface area contributed by atoms with Gasteiger partial charge in [0, 0.05) is 0 Å². The van der Waals surface area contributed by atoms with Crippen LogP contribution in [0.25, 0.3) is 0 Å². The van der Waals surface area contributed by atoms with Gasteiger partial charge >= 0.3 is 0 Å². The second-order valence-corrected chi connectivity index (χ2v) is 10.0. The quantitative estimate of drug-likeness (QED) is 0.187. The first-order valence-corrected chi connectivity index (χ1v) is 12.3. The Bertz CT molecular complexity index is 1260. The van der Waals surface area contributed by atoms with Crippen molar-refractivity contribution in [2.24, 2.45) is 0 Å². The molecule has 0 radical (unpaired) electrons. The number of nitrogens with two attached hydrogens (primary N) is 4. The molecule has 0 aliphatic carbocycles. The molecule has 0 spiro atoms. The molecule has 36 heavy (non-hydrogen) atoms. The number of carbonyl (C=O) groups excluding carboxylic acids is 1. The van der Waals surface area contributed by atoms with E-state index in [0.717, 1.165) is 0 Å². The molecule has 9 heteroatoms. The summed E-state index contributed by atoms with van der Waals surface area (Å²) in [6, 6.07) is 20.4. The van der Waals surface area contributed by atoms with E-state index in [1.165, 1.54) is 0 Å². The van der Waals surface area contributed by atoms with Crippen molar-refractivity contribution in [1.29, 1.82) is 0 Å². The van der Waals surface area contributed by atoms with Gasteiger partial charge in [-0.3, -0.25) is 4.79 Å². The van der Waals surface area contributed by atoms with E-state index in [-0.39, 0.29) is 5.78 Å². The third-order valence-electron chi connectivity index (χ3n) is 5.98. The number of benzene rings is 4. The van der Waals surface area contributed by atoms with E-state index in [1.54, 1.807) is 72.8 Å². The molecule has 0 aliphatic rings. The Morgan fingerprint density at radius 2 is 0.694 bits per heavy atom. The molecule has 0 heterocycles. The molecule has 0 bridgehead atoms. The lowest BCUT2D eigenvalue weighted by Crippen LogP contribution is -2.23. The standard InChI is InChI=1S/C27H22Cl4N4O/c28-17-5-1-13(9-21(17)32)25(14-2-6-18(29)22(33)10-14)27(36)26(15-3-7-19(30)23(34)11-15)16-4-8-20(31)24(35)12-16/h1-12,25-26H,32-35H2. The van der Waals surface area contributed by atoms with Crippen LogP contribution in [0.1, 0.15) is 34.1 Å². The van der Waals surface area contributed by atoms with Crippen molar-refractivity contribution in [2.75, 3.05) is 22.9 Å². The molecular formula is C27H22Cl4N4O. The van der Waals surface area contributed by atoms with Gasteiger partial charge in [0.15, 0.2) is 5.78 Å². The highest BCUT2D eigenvalue weighted by molar-refractivity contribution is 6.34. The number of carbonyl (C=O) groups is 1. The Balaban J connectivity index is 1.96. The van der Waals surface area contributed by atoms with Crippen molar-refractivity contribution in [1.82, 2.24) is 0 Å². The van der Waals surface area contributed by atoms with Crippen LogP contribution in [0, 0.1) is 0 Å². The van der Waals surface area contributed by atoms with Crippen molar-refractivity contribution in [3.8, 4) is 0 Å². The van der Waals surface area contributed by atoms with Crippen molar-refractivity contribution in [3.63, 3.8) is 0 Å². The van der Waals surface area contributed by atoms with Gasteiger partial charge in [0.2, 0.25) is 0 Å². The summed E-state index contributed by atoms with van der Waals surface area (Å²) in [5.74, 6) is -1.73. The predicted molar refractivity (Wildman–Crippen MR) is 152 cm³/mol. The van der Waals surface area contributed by atoms with Gasteiger partial charge in [-0.2, -0.15) is 0 Å². The van der Waals surface area contributed by atoms with Gasteiger partial charge in [0.25, 0.3) is 0 Å². The predicted octanol–water partition coefficient (Wildman–Crippen LogP) is 7.16. The summed E-state index contributed by atoms with van der Waals surface area (Å²) in [4.78, 5) is 14.5. The van der Waals surface area contributed by atoms with E-state index in [0.29, 0.717) is 65.1 Å². The number of hydrogen-bond acceptors (Lipinski definition) is 5. The number of anilines is 4. The molecule has 0 unspecified atom stereocenters. The largest absolute Gasteiger partial charge is 0.398 e. The summed E-state index contributed by atoms with van der Waals surface area (Å²) < 4.78 is 0. The Labute approximate surface area is 228 Å². The number of ketones is 1. The minimum atomic E-state index is -0.775. The summed E-state index contributed by atoms with van der Waals surface area (Å²) in [6.07, 6.45) is 0. The summed E-state index contributed by atoms with van der Waals surface area (Å²) in [6.45, 7) is 0. The van der Waals surface area contributed by atoms with Crippen LogP contribution < -0.4 is 22.9 Å². The second kappa shape index (κ2) is 10.5. The molecule has 0 saturated heterocycles. The average Bonchev–Trinajstić information content (AvgIpc) is 2.83. The monoisotopic (exact) mass is 558 g/mol. The molecule has 0 saturated carbocycles. The molecule has 0 aliphatic heterocycles. The number of Topliss-reactive ketones (excluding diaryl/α,β-unsaturated/α-hetero) is 1. The average molecular weight is 560 g/mol. The summed E-state index contributed by atoms with van der Waals surface area (Å²) >= 11 is 24.7. The first kappa shape index (κ1) is 26.0. The molecule has 4 aromatic carbocycles. The van der Waals surface area contributed by atoms with Crippen LogP contribution in [-0.4, -0.2) is 5.78 Å². The molecule has 0 amide bonds. The zero-order valence-corrected chi connectivity index (χ0v) is 21.8. The minimum Gasteiger partial charge on any atom is -0.398 e. The Morgan fingerprint density at radius 3 is 0.889 bits per heavy atom. The van der Waals surface area contributed by atoms with Gasteiger partial charge in [0.1, 0.15) is 0 Å². The molecule has 0 fully saturated rings. The van der Waals surface area contributed by atoms with Crippen molar-refractivity contribution < 1.29 is 4.79 Å². The van der Waals surface area contributed by atoms with E-state index in [2.05, 4.69) is 0 Å². The first-order chi connectivity index (χ1) is 17.1. The molecule has 8 N–H and O–H groups in total. The SMILES string of the molecule is Nc1cc(C(C(=O)C(c2ccc(Cl)c(N)c2)c2ccc(Cl)c(N)c2)c2ccc(Cl)c(N)c2)ccc1Cl. The number of halogens is 4. The van der Waals surface area contributed by atoms with Crippen LogP contribution in [0.15, 0.2) is 72.8 Å². The Hall–Kier alpha value is -3.09. The van der Waals surface area contributed by atoms with Gasteiger partial charge in [-0.15, -0.1) is 0 Å². The zero-order chi connectivity index (χ0) is 26.1. The van der Waals surface area contributed by atoms with Crippen LogP contribution >= 0.6 is 46.4 Å². The van der Waals surface area contributed by atoms with Gasteiger partial charge < -0.3 is 22.9 Å². The van der Waals surface area contributed by atoms with Crippen molar-refractivity contribution >= 4 is 74.9 Å². The summed E-state index contributed by atoms with van der Waals surface area (Å²) in [5, 5.41) is 1.53. The maximum absolute atomic E-state index is 14.5. The maximum atomic E-state index is 14.5. The normalized spacial score (nSPS) is 11.3. The van der Waals surface area contributed by atoms with Gasteiger partial charge in [-0.25, -0.2) is 0 Å². The zero-order valence-electron chi connectivity index (χ0n) is 18.8. The van der Waals surface area contributed by atoms with Crippen molar-refractivity contribution in [3.05, 3.63) is 115 Å². The van der Waals surface area contributed by atoms with Crippen molar-refractivity contribution in [2.45, 2.75) is 11.8 Å².